The lowest BCUT2D eigenvalue weighted by atomic mass is 10.1. The summed E-state index contributed by atoms with van der Waals surface area (Å²) in [5.74, 6) is -0.780. The average molecular weight is 424 g/mol. The summed E-state index contributed by atoms with van der Waals surface area (Å²) in [4.78, 5) is 27.9. The lowest BCUT2D eigenvalue weighted by Crippen LogP contribution is -2.31. The van der Waals surface area contributed by atoms with Gasteiger partial charge in [-0.2, -0.15) is 0 Å². The average Bonchev–Trinajstić information content (AvgIpc) is 2.98. The number of thioether (sulfide) groups is 1. The van der Waals surface area contributed by atoms with Crippen LogP contribution < -0.4 is 4.90 Å². The van der Waals surface area contributed by atoms with Crippen molar-refractivity contribution in [1.29, 1.82) is 0 Å². The first-order valence-corrected chi connectivity index (χ1v) is 10.2. The second-order valence-corrected chi connectivity index (χ2v) is 7.78. The van der Waals surface area contributed by atoms with E-state index in [1.165, 1.54) is 36.0 Å². The van der Waals surface area contributed by atoms with E-state index in [1.54, 1.807) is 24.3 Å². The SMILES string of the molecule is O=C1C(SCc2ccccc2)=C(c2ccc(F)cc2)C(=O)N1c1ccccc1Cl. The van der Waals surface area contributed by atoms with Gasteiger partial charge in [-0.1, -0.05) is 66.2 Å². The van der Waals surface area contributed by atoms with Crippen molar-refractivity contribution in [2.75, 3.05) is 4.90 Å². The molecular formula is C23H15ClFNO2S. The molecule has 1 aliphatic heterocycles. The van der Waals surface area contributed by atoms with Crippen LogP contribution in [-0.2, 0) is 15.3 Å². The van der Waals surface area contributed by atoms with E-state index in [1.807, 2.05) is 30.3 Å². The van der Waals surface area contributed by atoms with Crippen molar-refractivity contribution in [3.8, 4) is 0 Å². The monoisotopic (exact) mass is 423 g/mol. The Morgan fingerprint density at radius 2 is 1.48 bits per heavy atom. The highest BCUT2D eigenvalue weighted by molar-refractivity contribution is 8.03. The molecule has 0 saturated carbocycles. The van der Waals surface area contributed by atoms with Gasteiger partial charge < -0.3 is 0 Å². The van der Waals surface area contributed by atoms with Crippen molar-refractivity contribution in [2.24, 2.45) is 0 Å². The molecule has 0 fully saturated rings. The number of imide groups is 1. The Balaban J connectivity index is 1.76. The van der Waals surface area contributed by atoms with E-state index in [9.17, 15) is 14.0 Å². The van der Waals surface area contributed by atoms with Gasteiger partial charge >= 0.3 is 0 Å². The highest BCUT2D eigenvalue weighted by Gasteiger charge is 2.40. The van der Waals surface area contributed by atoms with Gasteiger partial charge in [-0.15, -0.1) is 11.8 Å². The van der Waals surface area contributed by atoms with Crippen molar-refractivity contribution in [2.45, 2.75) is 5.75 Å². The van der Waals surface area contributed by atoms with Gasteiger partial charge in [-0.25, -0.2) is 9.29 Å². The molecule has 3 nitrogen and oxygen atoms in total. The number of hydrogen-bond acceptors (Lipinski definition) is 3. The fourth-order valence-electron chi connectivity index (χ4n) is 3.10. The van der Waals surface area contributed by atoms with Gasteiger partial charge in [-0.3, -0.25) is 9.59 Å². The van der Waals surface area contributed by atoms with Crippen molar-refractivity contribution >= 4 is 46.4 Å². The van der Waals surface area contributed by atoms with E-state index in [4.69, 9.17) is 11.6 Å². The molecule has 1 heterocycles. The zero-order chi connectivity index (χ0) is 20.4. The van der Waals surface area contributed by atoms with Crippen molar-refractivity contribution < 1.29 is 14.0 Å². The molecule has 0 atom stereocenters. The number of amides is 2. The van der Waals surface area contributed by atoms with Gasteiger partial charge in [0.05, 0.1) is 21.2 Å². The summed E-state index contributed by atoms with van der Waals surface area (Å²) < 4.78 is 13.4. The molecule has 3 aromatic carbocycles. The first kappa shape index (κ1) is 19.4. The minimum Gasteiger partial charge on any atom is -0.268 e. The predicted molar refractivity (Wildman–Crippen MR) is 115 cm³/mol. The molecule has 0 saturated heterocycles. The van der Waals surface area contributed by atoms with E-state index >= 15 is 0 Å². The maximum absolute atomic E-state index is 13.4. The number of carbonyl (C=O) groups is 2. The van der Waals surface area contributed by atoms with E-state index in [2.05, 4.69) is 0 Å². The summed E-state index contributed by atoms with van der Waals surface area (Å²) in [7, 11) is 0. The quantitative estimate of drug-likeness (QED) is 0.494. The normalized spacial score (nSPS) is 14.1. The van der Waals surface area contributed by atoms with Crippen LogP contribution in [0.3, 0.4) is 0 Å². The fraction of sp³-hybridized carbons (Fsp3) is 0.0435. The molecule has 1 aliphatic rings. The number of anilines is 1. The number of para-hydroxylation sites is 1. The molecule has 0 N–H and O–H groups in total. The number of benzene rings is 3. The van der Waals surface area contributed by atoms with E-state index in [-0.39, 0.29) is 5.57 Å². The Morgan fingerprint density at radius 1 is 0.828 bits per heavy atom. The predicted octanol–water partition coefficient (Wildman–Crippen LogP) is 5.70. The maximum atomic E-state index is 13.4. The molecular weight excluding hydrogens is 409 g/mol. The Kier molecular flexibility index (Phi) is 5.51. The van der Waals surface area contributed by atoms with E-state index in [0.29, 0.717) is 26.9 Å². The van der Waals surface area contributed by atoms with Gasteiger partial charge in [0.1, 0.15) is 5.82 Å². The summed E-state index contributed by atoms with van der Waals surface area (Å²) in [6.45, 7) is 0. The van der Waals surface area contributed by atoms with Crippen LogP contribution in [0.2, 0.25) is 5.02 Å². The maximum Gasteiger partial charge on any atom is 0.272 e. The molecule has 144 valence electrons. The molecule has 3 aromatic rings. The number of rotatable bonds is 5. The first-order valence-electron chi connectivity index (χ1n) is 8.86. The van der Waals surface area contributed by atoms with Crippen LogP contribution in [0.5, 0.6) is 0 Å². The van der Waals surface area contributed by atoms with Gasteiger partial charge in [0.25, 0.3) is 11.8 Å². The second-order valence-electron chi connectivity index (χ2n) is 6.38. The summed E-state index contributed by atoms with van der Waals surface area (Å²) in [6, 6.07) is 21.9. The minimum atomic E-state index is -0.467. The molecule has 0 spiro atoms. The molecule has 0 bridgehead atoms. The van der Waals surface area contributed by atoms with E-state index < -0.39 is 17.6 Å². The fourth-order valence-corrected chi connectivity index (χ4v) is 4.38. The third kappa shape index (κ3) is 3.84. The number of halogens is 2. The molecule has 0 aromatic heterocycles. The number of nitrogens with zero attached hydrogens (tertiary/aromatic N) is 1. The van der Waals surface area contributed by atoms with Crippen molar-refractivity contribution in [3.63, 3.8) is 0 Å². The Bertz CT molecular complexity index is 1110. The minimum absolute atomic E-state index is 0.260. The van der Waals surface area contributed by atoms with Gasteiger partial charge in [-0.05, 0) is 35.4 Å². The molecule has 2 amide bonds. The number of carbonyl (C=O) groups excluding carboxylic acids is 2. The summed E-state index contributed by atoms with van der Waals surface area (Å²) in [5.41, 5.74) is 2.12. The van der Waals surface area contributed by atoms with Crippen LogP contribution in [0.1, 0.15) is 11.1 Å². The van der Waals surface area contributed by atoms with Gasteiger partial charge in [0.2, 0.25) is 0 Å². The largest absolute Gasteiger partial charge is 0.272 e. The van der Waals surface area contributed by atoms with Crippen LogP contribution in [0, 0.1) is 5.82 Å². The standard InChI is InChI=1S/C23H15ClFNO2S/c24-18-8-4-5-9-19(18)26-22(27)20(16-10-12-17(25)13-11-16)21(23(26)28)29-14-15-6-2-1-3-7-15/h1-13H,14H2. The van der Waals surface area contributed by atoms with E-state index in [0.717, 1.165) is 10.5 Å². The highest BCUT2D eigenvalue weighted by Crippen LogP contribution is 2.41. The summed E-state index contributed by atoms with van der Waals surface area (Å²) in [5, 5.41) is 0.307. The lowest BCUT2D eigenvalue weighted by molar-refractivity contribution is -0.119. The topological polar surface area (TPSA) is 37.4 Å². The van der Waals surface area contributed by atoms with Crippen LogP contribution in [0.25, 0.3) is 5.57 Å². The Hall–Kier alpha value is -2.89. The van der Waals surface area contributed by atoms with Crippen molar-refractivity contribution in [1.82, 2.24) is 0 Å². The Morgan fingerprint density at radius 3 is 2.17 bits per heavy atom. The van der Waals surface area contributed by atoms with Crippen LogP contribution in [0.4, 0.5) is 10.1 Å². The third-order valence-corrected chi connectivity index (χ3v) is 5.96. The number of hydrogen-bond donors (Lipinski definition) is 0. The lowest BCUT2D eigenvalue weighted by Gasteiger charge is -2.16. The first-order chi connectivity index (χ1) is 14.1. The Labute approximate surface area is 176 Å². The zero-order valence-corrected chi connectivity index (χ0v) is 16.7. The molecule has 0 unspecified atom stereocenters. The molecule has 4 rings (SSSR count). The smallest absolute Gasteiger partial charge is 0.268 e. The molecule has 6 heteroatoms. The molecule has 0 aliphatic carbocycles. The van der Waals surface area contributed by atoms with Gasteiger partial charge in [0.15, 0.2) is 0 Å². The second kappa shape index (κ2) is 8.23. The van der Waals surface area contributed by atoms with Crippen LogP contribution in [0.15, 0.2) is 83.8 Å². The highest BCUT2D eigenvalue weighted by atomic mass is 35.5. The summed E-state index contributed by atoms with van der Waals surface area (Å²) in [6.07, 6.45) is 0. The zero-order valence-electron chi connectivity index (χ0n) is 15.1. The third-order valence-electron chi connectivity index (χ3n) is 4.49. The summed E-state index contributed by atoms with van der Waals surface area (Å²) >= 11 is 7.54. The van der Waals surface area contributed by atoms with Crippen LogP contribution in [-0.4, -0.2) is 11.8 Å². The molecule has 0 radical (unpaired) electrons. The van der Waals surface area contributed by atoms with Gasteiger partial charge in [0, 0.05) is 5.75 Å². The molecule has 29 heavy (non-hydrogen) atoms. The van der Waals surface area contributed by atoms with Crippen molar-refractivity contribution in [3.05, 3.63) is 106 Å². The van der Waals surface area contributed by atoms with Crippen LogP contribution >= 0.6 is 23.4 Å².